The molecule has 0 saturated carbocycles. The molecule has 0 saturated heterocycles. The average molecular weight is 322 g/mol. The Bertz CT molecular complexity index is 791. The fraction of sp³-hybridized carbons (Fsp3) is 0.211. The molecule has 1 aliphatic heterocycles. The molecule has 2 aromatic rings. The van der Waals surface area contributed by atoms with E-state index in [1.165, 1.54) is 4.90 Å². The van der Waals surface area contributed by atoms with Crippen LogP contribution in [0.1, 0.15) is 33.6 Å². The molecule has 0 aromatic heterocycles. The van der Waals surface area contributed by atoms with Gasteiger partial charge in [-0.25, -0.2) is 0 Å². The van der Waals surface area contributed by atoms with Gasteiger partial charge in [-0.3, -0.25) is 19.3 Å². The Morgan fingerprint density at radius 2 is 1.71 bits per heavy atom. The molecule has 122 valence electrons. The Morgan fingerprint density at radius 1 is 1.08 bits per heavy atom. The summed E-state index contributed by atoms with van der Waals surface area (Å²) in [5.74, 6) is -0.707. The summed E-state index contributed by atoms with van der Waals surface area (Å²) in [7, 11) is 0. The smallest absolute Gasteiger partial charge is 0.261 e. The van der Waals surface area contributed by atoms with Crippen LogP contribution in [0.2, 0.25) is 0 Å². The second-order valence-electron chi connectivity index (χ2n) is 5.67. The number of rotatable bonds is 6. The number of carbonyl (C=O) groups is 3. The van der Waals surface area contributed by atoms with E-state index in [0.717, 1.165) is 10.8 Å². The molecule has 5 heteroatoms. The minimum atomic E-state index is -0.296. The number of carbonyl (C=O) groups excluding carboxylic acids is 3. The van der Waals surface area contributed by atoms with Gasteiger partial charge in [-0.15, -0.1) is 6.58 Å². The highest BCUT2D eigenvalue weighted by Gasteiger charge is 2.32. The van der Waals surface area contributed by atoms with Crippen molar-refractivity contribution < 1.29 is 14.4 Å². The Hall–Kier alpha value is -2.95. The number of amides is 3. The molecule has 1 N–H and O–H groups in total. The zero-order chi connectivity index (χ0) is 17.1. The molecule has 24 heavy (non-hydrogen) atoms. The first-order chi connectivity index (χ1) is 11.6. The van der Waals surface area contributed by atoms with Crippen LogP contribution in [0.5, 0.6) is 0 Å². The van der Waals surface area contributed by atoms with E-state index >= 15 is 0 Å². The van der Waals surface area contributed by atoms with Gasteiger partial charge in [0.25, 0.3) is 11.8 Å². The van der Waals surface area contributed by atoms with E-state index in [-0.39, 0.29) is 30.7 Å². The first-order valence-corrected chi connectivity index (χ1v) is 7.89. The van der Waals surface area contributed by atoms with Gasteiger partial charge in [0.2, 0.25) is 5.91 Å². The van der Waals surface area contributed by atoms with Crippen molar-refractivity contribution in [2.45, 2.75) is 12.8 Å². The molecule has 0 unspecified atom stereocenters. The van der Waals surface area contributed by atoms with Crippen LogP contribution < -0.4 is 5.32 Å². The van der Waals surface area contributed by atoms with Crippen LogP contribution in [0.25, 0.3) is 10.8 Å². The average Bonchev–Trinajstić information content (AvgIpc) is 2.60. The predicted molar refractivity (Wildman–Crippen MR) is 91.8 cm³/mol. The monoisotopic (exact) mass is 322 g/mol. The van der Waals surface area contributed by atoms with E-state index in [2.05, 4.69) is 11.9 Å². The fourth-order valence-electron chi connectivity index (χ4n) is 2.96. The van der Waals surface area contributed by atoms with Crippen molar-refractivity contribution in [1.82, 2.24) is 10.2 Å². The van der Waals surface area contributed by atoms with Gasteiger partial charge < -0.3 is 5.32 Å². The van der Waals surface area contributed by atoms with Crippen molar-refractivity contribution in [1.29, 1.82) is 0 Å². The summed E-state index contributed by atoms with van der Waals surface area (Å²) in [6.07, 6.45) is 2.29. The highest BCUT2D eigenvalue weighted by Crippen LogP contribution is 2.29. The Labute approximate surface area is 139 Å². The van der Waals surface area contributed by atoms with Crippen LogP contribution in [-0.4, -0.2) is 35.7 Å². The lowest BCUT2D eigenvalue weighted by molar-refractivity contribution is -0.121. The summed E-state index contributed by atoms with van der Waals surface area (Å²) in [6, 6.07) is 10.9. The lowest BCUT2D eigenvalue weighted by atomic mass is 9.94. The molecule has 0 fully saturated rings. The van der Waals surface area contributed by atoms with Crippen molar-refractivity contribution in [3.63, 3.8) is 0 Å². The summed E-state index contributed by atoms with van der Waals surface area (Å²) < 4.78 is 0. The van der Waals surface area contributed by atoms with Gasteiger partial charge in [0, 0.05) is 36.0 Å². The quantitative estimate of drug-likeness (QED) is 0.656. The van der Waals surface area contributed by atoms with E-state index in [0.29, 0.717) is 24.1 Å². The second kappa shape index (κ2) is 6.66. The Morgan fingerprint density at radius 3 is 2.29 bits per heavy atom. The SMILES string of the molecule is C=CCNC(=O)CCCN1C(=O)c2cccc3cccc(c23)C1=O. The molecular weight excluding hydrogens is 304 g/mol. The van der Waals surface area contributed by atoms with Gasteiger partial charge in [-0.2, -0.15) is 0 Å². The number of nitrogens with one attached hydrogen (secondary N) is 1. The topological polar surface area (TPSA) is 66.5 Å². The van der Waals surface area contributed by atoms with Crippen molar-refractivity contribution in [3.05, 3.63) is 60.2 Å². The third-order valence-electron chi connectivity index (χ3n) is 4.08. The molecule has 2 aromatic carbocycles. The second-order valence-corrected chi connectivity index (χ2v) is 5.67. The summed E-state index contributed by atoms with van der Waals surface area (Å²) in [5, 5.41) is 4.28. The largest absolute Gasteiger partial charge is 0.353 e. The van der Waals surface area contributed by atoms with Crippen LogP contribution in [0.3, 0.4) is 0 Å². The van der Waals surface area contributed by atoms with Crippen LogP contribution in [0.15, 0.2) is 49.1 Å². The van der Waals surface area contributed by atoms with E-state index in [1.54, 1.807) is 18.2 Å². The Kier molecular flexibility index (Phi) is 4.42. The molecule has 0 bridgehead atoms. The van der Waals surface area contributed by atoms with Gasteiger partial charge in [0.05, 0.1) is 0 Å². The first kappa shape index (κ1) is 15.9. The zero-order valence-corrected chi connectivity index (χ0v) is 13.2. The fourth-order valence-corrected chi connectivity index (χ4v) is 2.96. The lowest BCUT2D eigenvalue weighted by Gasteiger charge is -2.27. The summed E-state index contributed by atoms with van der Waals surface area (Å²) >= 11 is 0. The maximum absolute atomic E-state index is 12.7. The molecule has 1 aliphatic rings. The zero-order valence-electron chi connectivity index (χ0n) is 13.2. The van der Waals surface area contributed by atoms with Crippen LogP contribution in [0, 0.1) is 0 Å². The normalized spacial score (nSPS) is 13.2. The molecule has 0 spiro atoms. The molecule has 0 aliphatic carbocycles. The van der Waals surface area contributed by atoms with Crippen LogP contribution in [-0.2, 0) is 4.79 Å². The van der Waals surface area contributed by atoms with E-state index in [4.69, 9.17) is 0 Å². The number of nitrogens with zero attached hydrogens (tertiary/aromatic N) is 1. The lowest BCUT2D eigenvalue weighted by Crippen LogP contribution is -2.41. The molecular formula is C19H18N2O3. The van der Waals surface area contributed by atoms with E-state index < -0.39 is 0 Å². The molecule has 0 atom stereocenters. The summed E-state index contributed by atoms with van der Waals surface area (Å²) in [4.78, 5) is 38.2. The number of hydrogen-bond acceptors (Lipinski definition) is 3. The number of hydrogen-bond donors (Lipinski definition) is 1. The number of imide groups is 1. The molecule has 3 rings (SSSR count). The number of benzene rings is 2. The molecule has 1 heterocycles. The summed E-state index contributed by atoms with van der Waals surface area (Å²) in [5.41, 5.74) is 1.08. The minimum absolute atomic E-state index is 0.116. The van der Waals surface area contributed by atoms with E-state index in [9.17, 15) is 14.4 Å². The van der Waals surface area contributed by atoms with Crippen molar-refractivity contribution in [3.8, 4) is 0 Å². The van der Waals surface area contributed by atoms with Crippen LogP contribution >= 0.6 is 0 Å². The standard InChI is InChI=1S/C19H18N2O3/c1-2-11-20-16(22)10-5-12-21-18(23)14-8-3-6-13-7-4-9-15(17(13)14)19(21)24/h2-4,6-9H,1,5,10-12H2,(H,20,22). The third-order valence-corrected chi connectivity index (χ3v) is 4.08. The minimum Gasteiger partial charge on any atom is -0.353 e. The molecule has 0 radical (unpaired) electrons. The molecule has 5 nitrogen and oxygen atoms in total. The van der Waals surface area contributed by atoms with Gasteiger partial charge >= 0.3 is 0 Å². The van der Waals surface area contributed by atoms with Gasteiger partial charge in [0.15, 0.2) is 0 Å². The van der Waals surface area contributed by atoms with E-state index in [1.807, 2.05) is 24.3 Å². The first-order valence-electron chi connectivity index (χ1n) is 7.89. The summed E-state index contributed by atoms with van der Waals surface area (Å²) in [6.45, 7) is 4.17. The van der Waals surface area contributed by atoms with Gasteiger partial charge in [-0.1, -0.05) is 30.3 Å². The molecule has 3 amide bonds. The highest BCUT2D eigenvalue weighted by atomic mass is 16.2. The van der Waals surface area contributed by atoms with Crippen LogP contribution in [0.4, 0.5) is 0 Å². The third kappa shape index (κ3) is 2.80. The van der Waals surface area contributed by atoms with Crippen molar-refractivity contribution in [2.24, 2.45) is 0 Å². The highest BCUT2D eigenvalue weighted by molar-refractivity contribution is 6.25. The maximum atomic E-state index is 12.7. The maximum Gasteiger partial charge on any atom is 0.261 e. The van der Waals surface area contributed by atoms with Crippen molar-refractivity contribution in [2.75, 3.05) is 13.1 Å². The van der Waals surface area contributed by atoms with Crippen molar-refractivity contribution >= 4 is 28.5 Å². The van der Waals surface area contributed by atoms with Gasteiger partial charge in [0.1, 0.15) is 0 Å². The van der Waals surface area contributed by atoms with Gasteiger partial charge in [-0.05, 0) is 23.9 Å². The Balaban J connectivity index is 1.78. The predicted octanol–water partition coefficient (Wildman–Crippen LogP) is 2.52.